The second kappa shape index (κ2) is 9.91. The number of anilines is 2. The molecule has 3 N–H and O–H groups in total. The molecule has 0 aliphatic carbocycles. The van der Waals surface area contributed by atoms with Crippen molar-refractivity contribution in [2.24, 2.45) is 0 Å². The zero-order chi connectivity index (χ0) is 23.5. The summed E-state index contributed by atoms with van der Waals surface area (Å²) in [7, 11) is 0. The van der Waals surface area contributed by atoms with Crippen LogP contribution in [0.15, 0.2) is 41.3 Å². The summed E-state index contributed by atoms with van der Waals surface area (Å²) in [5, 5.41) is 12.6. The highest BCUT2D eigenvalue weighted by molar-refractivity contribution is 14.1. The van der Waals surface area contributed by atoms with Crippen LogP contribution in [0.1, 0.15) is 20.8 Å². The van der Waals surface area contributed by atoms with Crippen LogP contribution in [0.3, 0.4) is 0 Å². The lowest BCUT2D eigenvalue weighted by atomic mass is 10.2. The fourth-order valence-corrected chi connectivity index (χ4v) is 4.72. The number of nitrogens with one attached hydrogen (secondary N) is 2. The van der Waals surface area contributed by atoms with Gasteiger partial charge in [0.2, 0.25) is 11.8 Å². The number of rotatable bonds is 5. The van der Waals surface area contributed by atoms with E-state index in [9.17, 15) is 19.5 Å². The van der Waals surface area contributed by atoms with Crippen molar-refractivity contribution in [1.29, 1.82) is 0 Å². The Morgan fingerprint density at radius 3 is 2.58 bits per heavy atom. The van der Waals surface area contributed by atoms with Crippen molar-refractivity contribution in [2.45, 2.75) is 13.3 Å². The minimum atomic E-state index is -0.378. The highest BCUT2D eigenvalue weighted by Crippen LogP contribution is 2.20. The molecular formula is C22H22IN5O4S. The molecule has 0 bridgehead atoms. The molecular weight excluding hydrogens is 557 g/mol. The zero-order valence-electron chi connectivity index (χ0n) is 17.8. The van der Waals surface area contributed by atoms with Crippen LogP contribution in [0.2, 0.25) is 0 Å². The van der Waals surface area contributed by atoms with Gasteiger partial charge in [-0.1, -0.05) is 17.4 Å². The lowest BCUT2D eigenvalue weighted by Gasteiger charge is -2.35. The summed E-state index contributed by atoms with van der Waals surface area (Å²) >= 11 is 3.08. The first-order chi connectivity index (χ1) is 15.8. The molecule has 1 aliphatic rings. The van der Waals surface area contributed by atoms with E-state index < -0.39 is 0 Å². The smallest absolute Gasteiger partial charge is 0.307 e. The number of benzene rings is 1. The van der Waals surface area contributed by atoms with Gasteiger partial charge in [-0.2, -0.15) is 0 Å². The van der Waals surface area contributed by atoms with Crippen molar-refractivity contribution in [2.75, 3.05) is 36.4 Å². The number of hydrogen-bond acceptors (Lipinski definition) is 7. The quantitative estimate of drug-likeness (QED) is 0.400. The first kappa shape index (κ1) is 23.2. The number of hydrogen-bond donors (Lipinski definition) is 3. The van der Waals surface area contributed by atoms with Gasteiger partial charge in [-0.15, -0.1) is 0 Å². The lowest BCUT2D eigenvalue weighted by Crippen LogP contribution is -2.49. The van der Waals surface area contributed by atoms with Crippen LogP contribution in [-0.4, -0.2) is 58.0 Å². The van der Waals surface area contributed by atoms with E-state index in [0.717, 1.165) is 32.0 Å². The molecule has 1 saturated heterocycles. The van der Waals surface area contributed by atoms with Crippen molar-refractivity contribution in [1.82, 2.24) is 14.9 Å². The Morgan fingerprint density at radius 2 is 1.97 bits per heavy atom. The molecule has 1 aliphatic heterocycles. The fourth-order valence-electron chi connectivity index (χ4n) is 3.49. The predicted octanol–water partition coefficient (Wildman–Crippen LogP) is 2.59. The van der Waals surface area contributed by atoms with E-state index in [0.29, 0.717) is 36.6 Å². The zero-order valence-corrected chi connectivity index (χ0v) is 20.8. The first-order valence-electron chi connectivity index (χ1n) is 10.3. The average Bonchev–Trinajstić information content (AvgIpc) is 3.12. The molecule has 3 aromatic rings. The van der Waals surface area contributed by atoms with Crippen LogP contribution >= 0.6 is 33.9 Å². The Bertz CT molecular complexity index is 1230. The van der Waals surface area contributed by atoms with Crippen molar-refractivity contribution < 1.29 is 14.7 Å². The third-order valence-electron chi connectivity index (χ3n) is 5.41. The Kier molecular flexibility index (Phi) is 6.98. The number of aromatic hydroxyl groups is 1. The maximum Gasteiger partial charge on any atom is 0.307 e. The molecule has 0 spiro atoms. The number of carbonyl (C=O) groups excluding carboxylic acids is 2. The van der Waals surface area contributed by atoms with Crippen LogP contribution in [0.5, 0.6) is 5.88 Å². The summed E-state index contributed by atoms with van der Waals surface area (Å²) < 4.78 is 1.08. The maximum atomic E-state index is 12.5. The molecule has 0 unspecified atom stereocenters. The van der Waals surface area contributed by atoms with E-state index in [2.05, 4.69) is 42.8 Å². The monoisotopic (exact) mass is 579 g/mol. The van der Waals surface area contributed by atoms with Gasteiger partial charge >= 0.3 is 4.87 Å². The number of aromatic amines is 1. The highest BCUT2D eigenvalue weighted by Gasteiger charge is 2.23. The third kappa shape index (κ3) is 5.53. The molecule has 1 aromatic carbocycles. The van der Waals surface area contributed by atoms with Gasteiger partial charge in [-0.25, -0.2) is 4.98 Å². The second-order valence-corrected chi connectivity index (χ2v) is 9.88. The topological polar surface area (TPSA) is 119 Å². The van der Waals surface area contributed by atoms with Crippen LogP contribution in [0.4, 0.5) is 11.5 Å². The van der Waals surface area contributed by atoms with Gasteiger partial charge in [0.15, 0.2) is 0 Å². The van der Waals surface area contributed by atoms with Crippen molar-refractivity contribution in [3.63, 3.8) is 0 Å². The van der Waals surface area contributed by atoms with E-state index in [1.54, 1.807) is 23.2 Å². The number of nitrogens with zero attached hydrogens (tertiary/aromatic N) is 3. The molecule has 0 radical (unpaired) electrons. The van der Waals surface area contributed by atoms with Crippen LogP contribution in [0.25, 0.3) is 0 Å². The van der Waals surface area contributed by atoms with E-state index in [4.69, 9.17) is 0 Å². The second-order valence-electron chi connectivity index (χ2n) is 7.65. The normalized spacial score (nSPS) is 13.8. The number of thiazole rings is 1. The molecule has 3 heterocycles. The molecule has 9 nitrogen and oxygen atoms in total. The summed E-state index contributed by atoms with van der Waals surface area (Å²) in [5.74, 6) is 0.151. The molecule has 2 aromatic heterocycles. The Hall–Kier alpha value is -2.93. The summed E-state index contributed by atoms with van der Waals surface area (Å²) in [6.45, 7) is 4.23. The van der Waals surface area contributed by atoms with Gasteiger partial charge < -0.3 is 20.2 Å². The summed E-state index contributed by atoms with van der Waals surface area (Å²) in [6.07, 6.45) is 1.55. The van der Waals surface area contributed by atoms with Crippen LogP contribution in [-0.2, 0) is 11.2 Å². The lowest BCUT2D eigenvalue weighted by molar-refractivity contribution is -0.130. The molecule has 1 fully saturated rings. The Morgan fingerprint density at radius 1 is 1.21 bits per heavy atom. The summed E-state index contributed by atoms with van der Waals surface area (Å²) in [6, 6.07) is 9.31. The fraction of sp³-hybridized carbons (Fsp3) is 0.273. The Labute approximate surface area is 207 Å². The summed E-state index contributed by atoms with van der Waals surface area (Å²) in [4.78, 5) is 46.8. The van der Waals surface area contributed by atoms with Gasteiger partial charge in [0.25, 0.3) is 5.91 Å². The van der Waals surface area contributed by atoms with E-state index >= 15 is 0 Å². The predicted molar refractivity (Wildman–Crippen MR) is 135 cm³/mol. The van der Waals surface area contributed by atoms with Gasteiger partial charge in [-0.05, 0) is 59.3 Å². The average molecular weight is 579 g/mol. The molecule has 33 heavy (non-hydrogen) atoms. The molecule has 11 heteroatoms. The number of pyridine rings is 1. The molecule has 4 rings (SSSR count). The number of amides is 2. The largest absolute Gasteiger partial charge is 0.494 e. The van der Waals surface area contributed by atoms with Gasteiger partial charge in [-0.3, -0.25) is 19.4 Å². The number of halogens is 1. The number of carbonyl (C=O) groups is 2. The highest BCUT2D eigenvalue weighted by atomic mass is 127. The van der Waals surface area contributed by atoms with Crippen molar-refractivity contribution >= 4 is 57.2 Å². The van der Waals surface area contributed by atoms with Crippen molar-refractivity contribution in [3.8, 4) is 5.88 Å². The SMILES string of the molecule is Cc1ccc(NC(=O)c2ccc(N3CCN(C(=O)Cc4sc(=O)[nH]c4O)CC3)nc2)cc1I. The molecule has 0 saturated carbocycles. The van der Waals surface area contributed by atoms with E-state index in [1.807, 2.05) is 25.1 Å². The minimum absolute atomic E-state index is 0.00265. The van der Waals surface area contributed by atoms with Gasteiger partial charge in [0.05, 0.1) is 16.9 Å². The minimum Gasteiger partial charge on any atom is -0.494 e. The van der Waals surface area contributed by atoms with E-state index in [-0.39, 0.29) is 29.0 Å². The molecule has 2 amide bonds. The third-order valence-corrected chi connectivity index (χ3v) is 7.44. The Balaban J connectivity index is 1.32. The van der Waals surface area contributed by atoms with Crippen molar-refractivity contribution in [3.05, 3.63) is 65.8 Å². The molecule has 172 valence electrons. The van der Waals surface area contributed by atoms with Gasteiger partial charge in [0, 0.05) is 41.6 Å². The number of H-pyrrole nitrogens is 1. The van der Waals surface area contributed by atoms with Crippen LogP contribution in [0, 0.1) is 10.5 Å². The first-order valence-corrected chi connectivity index (χ1v) is 12.2. The number of aromatic nitrogens is 2. The molecule has 0 atom stereocenters. The standard InChI is InChI=1S/C22H22IN5O4S/c1-13-2-4-15(10-16(13)23)25-20(30)14-3-5-18(24-12-14)27-6-8-28(9-7-27)19(29)11-17-21(31)26-22(32)33-17/h2-5,10,12,31H,6-9,11H2,1H3,(H,25,30)(H,26,32). The number of aryl methyl sites for hydroxylation is 1. The number of piperazine rings is 1. The van der Waals surface area contributed by atoms with Crippen LogP contribution < -0.4 is 15.1 Å². The van der Waals surface area contributed by atoms with Gasteiger partial charge in [0.1, 0.15) is 5.82 Å². The summed E-state index contributed by atoms with van der Waals surface area (Å²) in [5.41, 5.74) is 2.36. The van der Waals surface area contributed by atoms with E-state index in [1.165, 1.54) is 0 Å². The maximum absolute atomic E-state index is 12.5.